The van der Waals surface area contributed by atoms with Gasteiger partial charge in [0.2, 0.25) is 0 Å². The number of carbonyl (C=O) groups excluding carboxylic acids is 1. The zero-order chi connectivity index (χ0) is 29.8. The van der Waals surface area contributed by atoms with Crippen LogP contribution in [0.3, 0.4) is 0 Å². The van der Waals surface area contributed by atoms with Crippen LogP contribution >= 0.6 is 0 Å². The fourth-order valence-electron chi connectivity index (χ4n) is 7.48. The van der Waals surface area contributed by atoms with Gasteiger partial charge in [-0.25, -0.2) is 4.79 Å². The van der Waals surface area contributed by atoms with Crippen molar-refractivity contribution in [3.05, 3.63) is 156 Å². The standard InChI is InChI=1S/C40H32N2O2/c1-3-41-33-25-15-12-22-30(33)35(37(41)27-17-7-5-8-18-27)40(32-24-14-11-21-29(32)39(43)44-40)36-31-23-13-16-26-34(31)42(4-2)38(36)28-19-9-6-10-20-28/h5-26H,3-4H2,1-2H3. The van der Waals surface area contributed by atoms with E-state index in [4.69, 9.17) is 4.74 Å². The predicted octanol–water partition coefficient (Wildman–Crippen LogP) is 9.43. The number of rotatable bonds is 6. The molecule has 1 aliphatic rings. The zero-order valence-electron chi connectivity index (χ0n) is 24.8. The highest BCUT2D eigenvalue weighted by Crippen LogP contribution is 2.57. The van der Waals surface area contributed by atoms with Crippen molar-refractivity contribution in [2.75, 3.05) is 0 Å². The van der Waals surface area contributed by atoms with Gasteiger partial charge in [-0.3, -0.25) is 0 Å². The molecule has 44 heavy (non-hydrogen) atoms. The van der Waals surface area contributed by atoms with Gasteiger partial charge in [0.15, 0.2) is 5.60 Å². The Balaban J connectivity index is 1.65. The van der Waals surface area contributed by atoms with Crippen molar-refractivity contribution in [3.8, 4) is 22.5 Å². The highest BCUT2D eigenvalue weighted by Gasteiger charge is 2.54. The van der Waals surface area contributed by atoms with Crippen LogP contribution in [-0.2, 0) is 23.4 Å². The number of nitrogens with zero attached hydrogens (tertiary/aromatic N) is 2. The molecule has 4 heteroatoms. The molecular formula is C40H32N2O2. The van der Waals surface area contributed by atoms with E-state index in [0.29, 0.717) is 5.56 Å². The lowest BCUT2D eigenvalue weighted by atomic mass is 9.75. The summed E-state index contributed by atoms with van der Waals surface area (Å²) in [6.45, 7) is 5.89. The third kappa shape index (κ3) is 3.54. The summed E-state index contributed by atoms with van der Waals surface area (Å²) in [5.74, 6) is -0.305. The molecule has 0 unspecified atom stereocenters. The van der Waals surface area contributed by atoms with E-state index in [0.717, 1.165) is 74.1 Å². The summed E-state index contributed by atoms with van der Waals surface area (Å²) in [4.78, 5) is 14.1. The summed E-state index contributed by atoms with van der Waals surface area (Å²) in [6, 6.07) is 46.1. The van der Waals surface area contributed by atoms with Crippen molar-refractivity contribution in [1.29, 1.82) is 0 Å². The Bertz CT molecular complexity index is 2060. The highest BCUT2D eigenvalue weighted by molar-refractivity contribution is 6.05. The van der Waals surface area contributed by atoms with Crippen molar-refractivity contribution >= 4 is 27.8 Å². The van der Waals surface area contributed by atoms with Crippen LogP contribution in [0.5, 0.6) is 0 Å². The van der Waals surface area contributed by atoms with Gasteiger partial charge >= 0.3 is 5.97 Å². The van der Waals surface area contributed by atoms with E-state index in [1.165, 1.54) is 0 Å². The van der Waals surface area contributed by atoms with Gasteiger partial charge in [-0.2, -0.15) is 0 Å². The fraction of sp³-hybridized carbons (Fsp3) is 0.125. The number of carbonyl (C=O) groups is 1. The molecule has 0 atom stereocenters. The van der Waals surface area contributed by atoms with E-state index in [1.807, 2.05) is 30.3 Å². The summed E-state index contributed by atoms with van der Waals surface area (Å²) in [7, 11) is 0. The Kier molecular flexibility index (Phi) is 6.05. The number of hydrogen-bond acceptors (Lipinski definition) is 2. The molecule has 0 fully saturated rings. The number of aryl methyl sites for hydroxylation is 2. The number of cyclic esters (lactones) is 1. The van der Waals surface area contributed by atoms with Crippen molar-refractivity contribution in [3.63, 3.8) is 0 Å². The van der Waals surface area contributed by atoms with Gasteiger partial charge in [0.05, 0.1) is 17.0 Å². The van der Waals surface area contributed by atoms with E-state index in [-0.39, 0.29) is 5.97 Å². The van der Waals surface area contributed by atoms with Crippen LogP contribution in [0.4, 0.5) is 0 Å². The van der Waals surface area contributed by atoms with Gasteiger partial charge < -0.3 is 13.9 Å². The van der Waals surface area contributed by atoms with Crippen molar-refractivity contribution in [2.24, 2.45) is 0 Å². The zero-order valence-corrected chi connectivity index (χ0v) is 24.8. The molecule has 0 radical (unpaired) electrons. The minimum absolute atomic E-state index is 0.305. The van der Waals surface area contributed by atoms with Crippen LogP contribution in [0.1, 0.15) is 40.9 Å². The number of hydrogen-bond donors (Lipinski definition) is 0. The van der Waals surface area contributed by atoms with Crippen LogP contribution < -0.4 is 0 Å². The quantitative estimate of drug-likeness (QED) is 0.186. The molecule has 0 spiro atoms. The number of benzene rings is 5. The van der Waals surface area contributed by atoms with E-state index in [9.17, 15) is 4.79 Å². The maximum absolute atomic E-state index is 14.1. The first-order chi connectivity index (χ1) is 21.7. The van der Waals surface area contributed by atoms with Gasteiger partial charge in [-0.05, 0) is 43.2 Å². The Hall–Kier alpha value is -5.35. The molecule has 4 nitrogen and oxygen atoms in total. The number of esters is 1. The van der Waals surface area contributed by atoms with Gasteiger partial charge in [-0.15, -0.1) is 0 Å². The van der Waals surface area contributed by atoms with Crippen LogP contribution in [0, 0.1) is 0 Å². The SMILES string of the molecule is CCn1c(-c2ccccc2)c(C2(c3c(-c4ccccc4)n(CC)c4ccccc34)OC(=O)c3ccccc32)c2ccccc21. The molecular weight excluding hydrogens is 540 g/mol. The lowest BCUT2D eigenvalue weighted by Gasteiger charge is -2.32. The van der Waals surface area contributed by atoms with Gasteiger partial charge in [-0.1, -0.05) is 115 Å². The van der Waals surface area contributed by atoms with Crippen LogP contribution in [-0.4, -0.2) is 15.1 Å². The van der Waals surface area contributed by atoms with E-state index >= 15 is 0 Å². The smallest absolute Gasteiger partial charge is 0.340 e. The number of aromatic nitrogens is 2. The first kappa shape index (κ1) is 26.3. The van der Waals surface area contributed by atoms with E-state index in [1.54, 1.807) is 0 Å². The Labute approximate surface area is 256 Å². The third-order valence-electron chi connectivity index (χ3n) is 9.14. The van der Waals surface area contributed by atoms with Crippen LogP contribution in [0.15, 0.2) is 133 Å². The molecule has 0 saturated heterocycles. The monoisotopic (exact) mass is 572 g/mol. The maximum atomic E-state index is 14.1. The Morgan fingerprint density at radius 3 is 1.48 bits per heavy atom. The maximum Gasteiger partial charge on any atom is 0.340 e. The summed E-state index contributed by atoms with van der Waals surface area (Å²) in [5, 5.41) is 2.15. The molecule has 0 N–H and O–H groups in total. The molecule has 7 aromatic rings. The molecule has 1 aliphatic heterocycles. The first-order valence-electron chi connectivity index (χ1n) is 15.4. The molecule has 0 aliphatic carbocycles. The largest absolute Gasteiger partial charge is 0.440 e. The number of para-hydroxylation sites is 2. The summed E-state index contributed by atoms with van der Waals surface area (Å²) < 4.78 is 11.7. The summed E-state index contributed by atoms with van der Waals surface area (Å²) in [6.07, 6.45) is 0. The predicted molar refractivity (Wildman–Crippen MR) is 178 cm³/mol. The molecule has 214 valence electrons. The minimum Gasteiger partial charge on any atom is -0.440 e. The average molecular weight is 573 g/mol. The second-order valence-electron chi connectivity index (χ2n) is 11.3. The fourth-order valence-corrected chi connectivity index (χ4v) is 7.48. The van der Waals surface area contributed by atoms with Crippen molar-refractivity contribution < 1.29 is 9.53 Å². The lowest BCUT2D eigenvalue weighted by Crippen LogP contribution is -2.31. The third-order valence-corrected chi connectivity index (χ3v) is 9.14. The Morgan fingerprint density at radius 2 is 0.977 bits per heavy atom. The molecule has 8 rings (SSSR count). The van der Waals surface area contributed by atoms with Crippen molar-refractivity contribution in [1.82, 2.24) is 9.13 Å². The molecule has 2 aromatic heterocycles. The lowest BCUT2D eigenvalue weighted by molar-refractivity contribution is 0.0262. The minimum atomic E-state index is -1.22. The molecule has 5 aromatic carbocycles. The second-order valence-corrected chi connectivity index (χ2v) is 11.3. The molecule has 0 amide bonds. The average Bonchev–Trinajstić information content (AvgIpc) is 3.71. The van der Waals surface area contributed by atoms with Gasteiger partial charge in [0.1, 0.15) is 0 Å². The topological polar surface area (TPSA) is 36.2 Å². The first-order valence-corrected chi connectivity index (χ1v) is 15.4. The molecule has 0 bridgehead atoms. The van der Waals surface area contributed by atoms with Crippen molar-refractivity contribution in [2.45, 2.75) is 32.5 Å². The summed E-state index contributed by atoms with van der Waals surface area (Å²) >= 11 is 0. The van der Waals surface area contributed by atoms with E-state index in [2.05, 4.69) is 126 Å². The van der Waals surface area contributed by atoms with Crippen LogP contribution in [0.25, 0.3) is 44.3 Å². The summed E-state index contributed by atoms with van der Waals surface area (Å²) in [5.41, 5.74) is 8.77. The Morgan fingerprint density at radius 1 is 0.545 bits per heavy atom. The van der Waals surface area contributed by atoms with Gasteiger partial charge in [0.25, 0.3) is 0 Å². The number of ether oxygens (including phenoxy) is 1. The van der Waals surface area contributed by atoms with Crippen LogP contribution in [0.2, 0.25) is 0 Å². The normalized spacial score (nSPS) is 13.8. The second kappa shape index (κ2) is 10.1. The highest BCUT2D eigenvalue weighted by atomic mass is 16.6. The van der Waals surface area contributed by atoms with Gasteiger partial charge in [0, 0.05) is 51.6 Å². The molecule has 3 heterocycles. The van der Waals surface area contributed by atoms with E-state index < -0.39 is 5.60 Å². The molecule has 0 saturated carbocycles. The number of fused-ring (bicyclic) bond motifs is 3.